The minimum absolute atomic E-state index is 0.480. The van der Waals surface area contributed by atoms with E-state index in [1.807, 2.05) is 30.3 Å². The zero-order chi connectivity index (χ0) is 15.1. The Hall–Kier alpha value is -2.88. The van der Waals surface area contributed by atoms with E-state index in [0.29, 0.717) is 12.4 Å². The smallest absolute Gasteiger partial charge is 0.376 e. The van der Waals surface area contributed by atoms with E-state index in [1.165, 1.54) is 6.08 Å². The molecular weight excluding hydrogens is 268 g/mol. The number of carboxylic acids is 1. The summed E-state index contributed by atoms with van der Waals surface area (Å²) in [6, 6.07) is 16.9. The maximum absolute atomic E-state index is 10.9. The van der Waals surface area contributed by atoms with Crippen LogP contribution in [0.3, 0.4) is 0 Å². The first-order valence-electron chi connectivity index (χ1n) is 6.37. The SMILES string of the molecule is O=C(O)C(=O)/C=C/c1ccc(OCc2ccccc2)cc1. The van der Waals surface area contributed by atoms with Gasteiger partial charge in [-0.1, -0.05) is 48.5 Å². The summed E-state index contributed by atoms with van der Waals surface area (Å²) in [5.41, 5.74) is 1.81. The Morgan fingerprint density at radius 1 is 1.00 bits per heavy atom. The number of carbonyl (C=O) groups is 2. The number of rotatable bonds is 6. The van der Waals surface area contributed by atoms with E-state index in [-0.39, 0.29) is 0 Å². The van der Waals surface area contributed by atoms with Gasteiger partial charge in [0, 0.05) is 0 Å². The lowest BCUT2D eigenvalue weighted by molar-refractivity contribution is -0.146. The lowest BCUT2D eigenvalue weighted by Crippen LogP contribution is -2.08. The Labute approximate surface area is 122 Å². The number of hydrogen-bond acceptors (Lipinski definition) is 3. The highest BCUT2D eigenvalue weighted by Crippen LogP contribution is 2.15. The number of benzene rings is 2. The third-order valence-corrected chi connectivity index (χ3v) is 2.77. The zero-order valence-electron chi connectivity index (χ0n) is 11.2. The summed E-state index contributed by atoms with van der Waals surface area (Å²) in [6.07, 6.45) is 2.49. The molecule has 2 aromatic rings. The second kappa shape index (κ2) is 7.05. The summed E-state index contributed by atoms with van der Waals surface area (Å²) in [7, 11) is 0. The van der Waals surface area contributed by atoms with Crippen LogP contribution in [0.25, 0.3) is 6.08 Å². The fourth-order valence-electron chi connectivity index (χ4n) is 1.66. The molecule has 1 N–H and O–H groups in total. The van der Waals surface area contributed by atoms with E-state index >= 15 is 0 Å². The lowest BCUT2D eigenvalue weighted by Gasteiger charge is -2.06. The molecule has 106 valence electrons. The molecule has 0 aliphatic rings. The van der Waals surface area contributed by atoms with Crippen LogP contribution in [0.1, 0.15) is 11.1 Å². The molecular formula is C17H14O4. The van der Waals surface area contributed by atoms with E-state index in [0.717, 1.165) is 17.2 Å². The maximum Gasteiger partial charge on any atom is 0.376 e. The second-order valence-electron chi connectivity index (χ2n) is 4.35. The van der Waals surface area contributed by atoms with Crippen molar-refractivity contribution in [2.45, 2.75) is 6.61 Å². The standard InChI is InChI=1S/C17H14O4/c18-16(17(19)20)11-8-13-6-9-15(10-7-13)21-12-14-4-2-1-3-5-14/h1-11H,12H2,(H,19,20)/b11-8+. The number of aliphatic carboxylic acids is 1. The summed E-state index contributed by atoms with van der Waals surface area (Å²) < 4.78 is 5.63. The van der Waals surface area contributed by atoms with Crippen LogP contribution in [0.2, 0.25) is 0 Å². The predicted octanol–water partition coefficient (Wildman–Crippen LogP) is 2.93. The maximum atomic E-state index is 10.9. The van der Waals surface area contributed by atoms with Crippen LogP contribution in [0.15, 0.2) is 60.7 Å². The summed E-state index contributed by atoms with van der Waals surface area (Å²) in [6.45, 7) is 0.480. The second-order valence-corrected chi connectivity index (χ2v) is 4.35. The number of hydrogen-bond donors (Lipinski definition) is 1. The van der Waals surface area contributed by atoms with Gasteiger partial charge in [-0.2, -0.15) is 0 Å². The van der Waals surface area contributed by atoms with Crippen LogP contribution in [-0.4, -0.2) is 16.9 Å². The van der Waals surface area contributed by atoms with Crippen molar-refractivity contribution in [3.05, 3.63) is 71.8 Å². The van der Waals surface area contributed by atoms with E-state index < -0.39 is 11.8 Å². The van der Waals surface area contributed by atoms with Crippen molar-refractivity contribution in [2.75, 3.05) is 0 Å². The highest BCUT2D eigenvalue weighted by atomic mass is 16.5. The third kappa shape index (κ3) is 4.62. The van der Waals surface area contributed by atoms with Crippen molar-refractivity contribution >= 4 is 17.8 Å². The van der Waals surface area contributed by atoms with Crippen molar-refractivity contribution in [2.24, 2.45) is 0 Å². The fourth-order valence-corrected chi connectivity index (χ4v) is 1.66. The molecule has 0 aliphatic heterocycles. The Bertz CT molecular complexity index is 642. The first-order chi connectivity index (χ1) is 10.1. The van der Waals surface area contributed by atoms with Crippen molar-refractivity contribution < 1.29 is 19.4 Å². The monoisotopic (exact) mass is 282 g/mol. The van der Waals surface area contributed by atoms with Crippen LogP contribution in [0.4, 0.5) is 0 Å². The van der Waals surface area contributed by atoms with Crippen LogP contribution < -0.4 is 4.74 Å². The van der Waals surface area contributed by atoms with Gasteiger partial charge in [0.1, 0.15) is 12.4 Å². The highest BCUT2D eigenvalue weighted by molar-refractivity contribution is 6.38. The molecule has 0 aromatic heterocycles. The molecule has 4 nitrogen and oxygen atoms in total. The van der Waals surface area contributed by atoms with Crippen LogP contribution >= 0.6 is 0 Å². The average molecular weight is 282 g/mol. The Balaban J connectivity index is 1.93. The van der Waals surface area contributed by atoms with Gasteiger partial charge in [0.2, 0.25) is 0 Å². The molecule has 21 heavy (non-hydrogen) atoms. The number of ether oxygens (including phenoxy) is 1. The summed E-state index contributed by atoms with van der Waals surface area (Å²) in [4.78, 5) is 21.3. The van der Waals surface area contributed by atoms with Gasteiger partial charge < -0.3 is 9.84 Å². The van der Waals surface area contributed by atoms with Crippen LogP contribution in [0, 0.1) is 0 Å². The molecule has 0 amide bonds. The number of carboxylic acid groups (broad SMARTS) is 1. The van der Waals surface area contributed by atoms with Crippen molar-refractivity contribution in [3.8, 4) is 5.75 Å². The molecule has 0 spiro atoms. The van der Waals surface area contributed by atoms with E-state index in [9.17, 15) is 9.59 Å². The molecule has 2 aromatic carbocycles. The first kappa shape index (κ1) is 14.5. The Kier molecular flexibility index (Phi) is 4.88. The van der Waals surface area contributed by atoms with Crippen LogP contribution in [0.5, 0.6) is 5.75 Å². The van der Waals surface area contributed by atoms with Gasteiger partial charge in [-0.05, 0) is 29.3 Å². The molecule has 0 radical (unpaired) electrons. The van der Waals surface area contributed by atoms with Gasteiger partial charge >= 0.3 is 5.97 Å². The van der Waals surface area contributed by atoms with Gasteiger partial charge in [0.05, 0.1) is 0 Å². The topological polar surface area (TPSA) is 63.6 Å². The summed E-state index contributed by atoms with van der Waals surface area (Å²) in [5, 5.41) is 8.46. The normalized spacial score (nSPS) is 10.5. The Morgan fingerprint density at radius 2 is 1.67 bits per heavy atom. The molecule has 0 unspecified atom stereocenters. The number of ketones is 1. The van der Waals surface area contributed by atoms with Gasteiger partial charge in [-0.3, -0.25) is 4.79 Å². The third-order valence-electron chi connectivity index (χ3n) is 2.77. The lowest BCUT2D eigenvalue weighted by atomic mass is 10.2. The molecule has 0 saturated carbocycles. The molecule has 0 aliphatic carbocycles. The van der Waals surface area contributed by atoms with Crippen molar-refractivity contribution in [1.82, 2.24) is 0 Å². The first-order valence-corrected chi connectivity index (χ1v) is 6.37. The van der Waals surface area contributed by atoms with Gasteiger partial charge in [-0.15, -0.1) is 0 Å². The molecule has 0 atom stereocenters. The predicted molar refractivity (Wildman–Crippen MR) is 78.9 cm³/mol. The van der Waals surface area contributed by atoms with E-state index in [4.69, 9.17) is 9.84 Å². The van der Waals surface area contributed by atoms with E-state index in [1.54, 1.807) is 24.3 Å². The van der Waals surface area contributed by atoms with Gasteiger partial charge in [0.15, 0.2) is 0 Å². The largest absolute Gasteiger partial charge is 0.489 e. The molecule has 0 bridgehead atoms. The van der Waals surface area contributed by atoms with Crippen LogP contribution in [-0.2, 0) is 16.2 Å². The molecule has 0 saturated heterocycles. The zero-order valence-corrected chi connectivity index (χ0v) is 11.2. The molecule has 0 heterocycles. The average Bonchev–Trinajstić information content (AvgIpc) is 2.52. The highest BCUT2D eigenvalue weighted by Gasteiger charge is 2.05. The van der Waals surface area contributed by atoms with E-state index in [2.05, 4.69) is 0 Å². The summed E-state index contributed by atoms with van der Waals surface area (Å²) >= 11 is 0. The van der Waals surface area contributed by atoms with Crippen molar-refractivity contribution in [1.29, 1.82) is 0 Å². The fraction of sp³-hybridized carbons (Fsp3) is 0.0588. The quantitative estimate of drug-likeness (QED) is 0.653. The number of carbonyl (C=O) groups excluding carboxylic acids is 1. The van der Waals surface area contributed by atoms with Gasteiger partial charge in [0.25, 0.3) is 5.78 Å². The van der Waals surface area contributed by atoms with Crippen molar-refractivity contribution in [3.63, 3.8) is 0 Å². The molecule has 2 rings (SSSR count). The molecule has 0 fully saturated rings. The molecule has 4 heteroatoms. The summed E-state index contributed by atoms with van der Waals surface area (Å²) in [5.74, 6) is -1.70. The Morgan fingerprint density at radius 3 is 2.29 bits per heavy atom. The minimum atomic E-state index is -1.46. The minimum Gasteiger partial charge on any atom is -0.489 e. The van der Waals surface area contributed by atoms with Gasteiger partial charge in [-0.25, -0.2) is 4.79 Å².